The van der Waals surface area contributed by atoms with Gasteiger partial charge in [0.2, 0.25) is 0 Å². The molecule has 0 amide bonds. The van der Waals surface area contributed by atoms with Gasteiger partial charge >= 0.3 is 0 Å². The van der Waals surface area contributed by atoms with Gasteiger partial charge in [0.05, 0.1) is 11.6 Å². The molecule has 3 heteroatoms. The van der Waals surface area contributed by atoms with Crippen LogP contribution in [-0.4, -0.2) is 5.78 Å². The molecule has 0 fully saturated rings. The first-order valence-electron chi connectivity index (χ1n) is 3.92. The van der Waals surface area contributed by atoms with Crippen LogP contribution >= 0.6 is 15.9 Å². The summed E-state index contributed by atoms with van der Waals surface area (Å²) in [6.07, 6.45) is 0.427. The highest BCUT2D eigenvalue weighted by atomic mass is 79.9. The van der Waals surface area contributed by atoms with E-state index >= 15 is 0 Å². The Morgan fingerprint density at radius 1 is 1.62 bits per heavy atom. The third kappa shape index (κ3) is 2.16. The zero-order valence-electron chi connectivity index (χ0n) is 7.17. The number of Topliss-reactive ketones (excluding diaryl/α,β-unsaturated/α-hetero) is 1. The molecule has 0 N–H and O–H groups in total. The number of nitrogens with zero attached hydrogens (tertiary/aromatic N) is 1. The van der Waals surface area contributed by atoms with Gasteiger partial charge in [0.1, 0.15) is 0 Å². The van der Waals surface area contributed by atoms with E-state index in [9.17, 15) is 4.79 Å². The number of benzene rings is 1. The van der Waals surface area contributed by atoms with Gasteiger partial charge in [0.15, 0.2) is 5.78 Å². The summed E-state index contributed by atoms with van der Waals surface area (Å²) < 4.78 is 0.816. The van der Waals surface area contributed by atoms with Gasteiger partial charge in [0.25, 0.3) is 0 Å². The smallest absolute Gasteiger partial charge is 0.163 e. The second-order valence-corrected chi connectivity index (χ2v) is 3.49. The minimum Gasteiger partial charge on any atom is -0.294 e. The fourth-order valence-corrected chi connectivity index (χ4v) is 1.40. The van der Waals surface area contributed by atoms with E-state index in [1.54, 1.807) is 25.1 Å². The van der Waals surface area contributed by atoms with Crippen molar-refractivity contribution in [2.45, 2.75) is 13.3 Å². The lowest BCUT2D eigenvalue weighted by atomic mass is 10.0. The largest absolute Gasteiger partial charge is 0.294 e. The Hall–Kier alpha value is -1.14. The molecule has 1 aromatic rings. The van der Waals surface area contributed by atoms with Crippen molar-refractivity contribution in [1.29, 1.82) is 5.26 Å². The van der Waals surface area contributed by atoms with Crippen LogP contribution in [0.1, 0.15) is 29.3 Å². The molecule has 0 unspecified atom stereocenters. The minimum atomic E-state index is 0.00375. The highest BCUT2D eigenvalue weighted by Gasteiger charge is 2.08. The number of nitriles is 1. The molecule has 2 nitrogen and oxygen atoms in total. The zero-order chi connectivity index (χ0) is 9.84. The van der Waals surface area contributed by atoms with Crippen LogP contribution in [0, 0.1) is 11.3 Å². The SMILES string of the molecule is CCC(=O)c1ccc(Br)cc1C#N. The average Bonchev–Trinajstić information content (AvgIpc) is 2.16. The Morgan fingerprint density at radius 3 is 2.85 bits per heavy atom. The lowest BCUT2D eigenvalue weighted by molar-refractivity contribution is 0.0988. The zero-order valence-corrected chi connectivity index (χ0v) is 8.76. The molecule has 1 rings (SSSR count). The van der Waals surface area contributed by atoms with Gasteiger partial charge in [-0.2, -0.15) is 5.26 Å². The fourth-order valence-electron chi connectivity index (χ4n) is 1.04. The summed E-state index contributed by atoms with van der Waals surface area (Å²) in [5.41, 5.74) is 0.939. The summed E-state index contributed by atoms with van der Waals surface area (Å²) >= 11 is 3.25. The molecule has 0 aliphatic heterocycles. The lowest BCUT2D eigenvalue weighted by Crippen LogP contribution is -1.99. The van der Waals surface area contributed by atoms with Crippen LogP contribution in [0.25, 0.3) is 0 Å². The summed E-state index contributed by atoms with van der Waals surface area (Å²) in [5, 5.41) is 8.76. The Morgan fingerprint density at radius 2 is 2.31 bits per heavy atom. The van der Waals surface area contributed by atoms with Crippen molar-refractivity contribution in [2.24, 2.45) is 0 Å². The predicted molar refractivity (Wildman–Crippen MR) is 53.5 cm³/mol. The van der Waals surface area contributed by atoms with Crippen LogP contribution in [0.4, 0.5) is 0 Å². The molecule has 0 spiro atoms. The van der Waals surface area contributed by atoms with Crippen molar-refractivity contribution < 1.29 is 4.79 Å². The lowest BCUT2D eigenvalue weighted by Gasteiger charge is -2.00. The molecule has 0 aromatic heterocycles. The van der Waals surface area contributed by atoms with Crippen LogP contribution in [0.3, 0.4) is 0 Å². The highest BCUT2D eigenvalue weighted by Crippen LogP contribution is 2.17. The number of carbonyl (C=O) groups excluding carboxylic acids is 1. The van der Waals surface area contributed by atoms with Gasteiger partial charge in [-0.15, -0.1) is 0 Å². The summed E-state index contributed by atoms with van der Waals surface area (Å²) in [6, 6.07) is 7.10. The summed E-state index contributed by atoms with van der Waals surface area (Å²) in [6.45, 7) is 1.78. The molecule has 0 aliphatic rings. The molecule has 0 atom stereocenters. The molecule has 0 heterocycles. The Balaban J connectivity index is 3.23. The monoisotopic (exact) mass is 237 g/mol. The molecule has 0 bridgehead atoms. The molecule has 0 aliphatic carbocycles. The first-order valence-corrected chi connectivity index (χ1v) is 4.71. The van der Waals surface area contributed by atoms with Crippen molar-refractivity contribution in [3.05, 3.63) is 33.8 Å². The topological polar surface area (TPSA) is 40.9 Å². The van der Waals surface area contributed by atoms with Crippen LogP contribution < -0.4 is 0 Å². The van der Waals surface area contributed by atoms with E-state index in [1.807, 2.05) is 6.07 Å². The first-order chi connectivity index (χ1) is 6.19. The molecule has 0 radical (unpaired) electrons. The maximum atomic E-state index is 11.3. The summed E-state index contributed by atoms with van der Waals surface area (Å²) in [5.74, 6) is 0.00375. The van der Waals surface area contributed by atoms with Crippen LogP contribution in [0.15, 0.2) is 22.7 Å². The van der Waals surface area contributed by atoms with Gasteiger partial charge in [-0.1, -0.05) is 22.9 Å². The number of halogens is 1. The van der Waals surface area contributed by atoms with Crippen molar-refractivity contribution in [1.82, 2.24) is 0 Å². The second kappa shape index (κ2) is 4.20. The summed E-state index contributed by atoms with van der Waals surface area (Å²) in [4.78, 5) is 11.3. The maximum absolute atomic E-state index is 11.3. The Labute approximate surface area is 85.3 Å². The number of hydrogen-bond acceptors (Lipinski definition) is 2. The highest BCUT2D eigenvalue weighted by molar-refractivity contribution is 9.10. The standard InChI is InChI=1S/C10H8BrNO/c1-2-10(13)9-4-3-8(11)5-7(9)6-12/h3-5H,2H2,1H3. The molecule has 1 aromatic carbocycles. The summed E-state index contributed by atoms with van der Waals surface area (Å²) in [7, 11) is 0. The normalized spacial score (nSPS) is 9.31. The second-order valence-electron chi connectivity index (χ2n) is 2.58. The van der Waals surface area contributed by atoms with Gasteiger partial charge in [-0.3, -0.25) is 4.79 Å². The van der Waals surface area contributed by atoms with E-state index in [1.165, 1.54) is 0 Å². The van der Waals surface area contributed by atoms with Gasteiger partial charge in [-0.25, -0.2) is 0 Å². The quantitative estimate of drug-likeness (QED) is 0.743. The molecule has 13 heavy (non-hydrogen) atoms. The Kier molecular flexibility index (Phi) is 3.21. The number of rotatable bonds is 2. The third-order valence-electron chi connectivity index (χ3n) is 1.72. The molecule has 0 saturated heterocycles. The number of ketones is 1. The van der Waals surface area contributed by atoms with Crippen LogP contribution in [-0.2, 0) is 0 Å². The van der Waals surface area contributed by atoms with Crippen molar-refractivity contribution in [3.8, 4) is 6.07 Å². The number of carbonyl (C=O) groups is 1. The van der Waals surface area contributed by atoms with Gasteiger partial charge in [0, 0.05) is 16.5 Å². The fraction of sp³-hybridized carbons (Fsp3) is 0.200. The number of hydrogen-bond donors (Lipinski definition) is 0. The Bertz CT molecular complexity index is 379. The van der Waals surface area contributed by atoms with Crippen molar-refractivity contribution in [3.63, 3.8) is 0 Å². The van der Waals surface area contributed by atoms with E-state index in [-0.39, 0.29) is 5.78 Å². The van der Waals surface area contributed by atoms with E-state index in [2.05, 4.69) is 15.9 Å². The van der Waals surface area contributed by atoms with E-state index < -0.39 is 0 Å². The van der Waals surface area contributed by atoms with Crippen molar-refractivity contribution >= 4 is 21.7 Å². The molecular weight excluding hydrogens is 230 g/mol. The third-order valence-corrected chi connectivity index (χ3v) is 2.22. The first kappa shape index (κ1) is 9.94. The minimum absolute atomic E-state index is 0.00375. The van der Waals surface area contributed by atoms with E-state index in [0.29, 0.717) is 17.5 Å². The van der Waals surface area contributed by atoms with Crippen molar-refractivity contribution in [2.75, 3.05) is 0 Å². The van der Waals surface area contributed by atoms with Crippen LogP contribution in [0.5, 0.6) is 0 Å². The van der Waals surface area contributed by atoms with Crippen LogP contribution in [0.2, 0.25) is 0 Å². The molecular formula is C10H8BrNO. The molecule has 66 valence electrons. The van der Waals surface area contributed by atoms with E-state index in [0.717, 1.165) is 4.47 Å². The van der Waals surface area contributed by atoms with Gasteiger partial charge < -0.3 is 0 Å². The molecule has 0 saturated carbocycles. The average molecular weight is 238 g/mol. The van der Waals surface area contributed by atoms with E-state index in [4.69, 9.17) is 5.26 Å². The van der Waals surface area contributed by atoms with Gasteiger partial charge in [-0.05, 0) is 18.2 Å². The predicted octanol–water partition coefficient (Wildman–Crippen LogP) is 2.91. The maximum Gasteiger partial charge on any atom is 0.163 e.